The minimum Gasteiger partial charge on any atom is -0.465 e. The van der Waals surface area contributed by atoms with Crippen molar-refractivity contribution in [2.45, 2.75) is 0 Å². The molecule has 0 unspecified atom stereocenters. The van der Waals surface area contributed by atoms with Crippen LogP contribution in [0.25, 0.3) is 28.8 Å². The molecule has 0 amide bonds. The molecule has 0 aliphatic rings. The highest BCUT2D eigenvalue weighted by atomic mass is 16.5. The lowest BCUT2D eigenvalue weighted by molar-refractivity contribution is -0.128. The molecule has 0 N–H and O–H groups in total. The summed E-state index contributed by atoms with van der Waals surface area (Å²) in [5.41, 5.74) is 1.81. The Bertz CT molecular complexity index is 1030. The van der Waals surface area contributed by atoms with Crippen LogP contribution in [0, 0.1) is 0 Å². The maximum Gasteiger partial charge on any atom is 0.336 e. The number of rotatable bonds is 4. The number of furan rings is 1. The molecule has 0 radical (unpaired) electrons. The molecular formula is C19H12N2O4. The van der Waals surface area contributed by atoms with Crippen molar-refractivity contribution in [1.29, 1.82) is 0 Å². The molecule has 0 saturated carbocycles. The second-order valence-corrected chi connectivity index (χ2v) is 5.13. The molecule has 0 atom stereocenters. The number of ether oxygens (including phenoxy) is 1. The average molecular weight is 332 g/mol. The molecule has 0 aliphatic carbocycles. The minimum absolute atomic E-state index is 0.366. The Morgan fingerprint density at radius 1 is 1.12 bits per heavy atom. The van der Waals surface area contributed by atoms with E-state index in [-0.39, 0.29) is 0 Å². The third-order valence-electron chi connectivity index (χ3n) is 3.39. The van der Waals surface area contributed by atoms with Gasteiger partial charge in [-0.05, 0) is 42.5 Å². The van der Waals surface area contributed by atoms with Crippen LogP contribution in [-0.4, -0.2) is 15.9 Å². The number of esters is 1. The van der Waals surface area contributed by atoms with Gasteiger partial charge in [-0.1, -0.05) is 6.07 Å². The van der Waals surface area contributed by atoms with Crippen molar-refractivity contribution in [3.05, 3.63) is 72.8 Å². The standard InChI is InChI=1S/C19H12N2O4/c22-18(9-7-13-4-3-11-23-13)24-14-6-8-15-17(12-14)25-19(21-15)16-5-1-2-10-20-16/h1-12H/b9-7+. The first-order chi connectivity index (χ1) is 12.3. The highest BCUT2D eigenvalue weighted by molar-refractivity contribution is 5.89. The van der Waals surface area contributed by atoms with E-state index in [4.69, 9.17) is 13.6 Å². The van der Waals surface area contributed by atoms with E-state index in [2.05, 4.69) is 9.97 Å². The van der Waals surface area contributed by atoms with E-state index in [0.717, 1.165) is 0 Å². The lowest BCUT2D eigenvalue weighted by atomic mass is 10.3. The van der Waals surface area contributed by atoms with Crippen LogP contribution in [0.2, 0.25) is 0 Å². The van der Waals surface area contributed by atoms with Crippen LogP contribution >= 0.6 is 0 Å². The van der Waals surface area contributed by atoms with E-state index < -0.39 is 5.97 Å². The Morgan fingerprint density at radius 3 is 2.88 bits per heavy atom. The Balaban J connectivity index is 1.54. The second kappa shape index (κ2) is 6.45. The quantitative estimate of drug-likeness (QED) is 0.318. The van der Waals surface area contributed by atoms with Gasteiger partial charge in [0.2, 0.25) is 5.89 Å². The number of pyridine rings is 1. The largest absolute Gasteiger partial charge is 0.465 e. The first-order valence-electron chi connectivity index (χ1n) is 7.53. The van der Waals surface area contributed by atoms with Crippen molar-refractivity contribution in [2.75, 3.05) is 0 Å². The number of hydrogen-bond acceptors (Lipinski definition) is 6. The van der Waals surface area contributed by atoms with Gasteiger partial charge in [-0.25, -0.2) is 9.78 Å². The van der Waals surface area contributed by atoms with Gasteiger partial charge in [-0.15, -0.1) is 0 Å². The molecule has 6 heteroatoms. The maximum atomic E-state index is 11.9. The number of fused-ring (bicyclic) bond motifs is 1. The maximum absolute atomic E-state index is 11.9. The van der Waals surface area contributed by atoms with Gasteiger partial charge in [0.15, 0.2) is 5.58 Å². The van der Waals surface area contributed by atoms with E-state index in [1.807, 2.05) is 18.2 Å². The fourth-order valence-electron chi connectivity index (χ4n) is 2.25. The van der Waals surface area contributed by atoms with Crippen LogP contribution in [0.5, 0.6) is 5.75 Å². The van der Waals surface area contributed by atoms with Gasteiger partial charge in [0.05, 0.1) is 6.26 Å². The Morgan fingerprint density at radius 2 is 2.08 bits per heavy atom. The van der Waals surface area contributed by atoms with Gasteiger partial charge in [-0.2, -0.15) is 0 Å². The summed E-state index contributed by atoms with van der Waals surface area (Å²) >= 11 is 0. The van der Waals surface area contributed by atoms with E-state index in [1.165, 1.54) is 18.4 Å². The SMILES string of the molecule is O=C(/C=C/c1ccco1)Oc1ccc2nc(-c3ccccn3)oc2c1. The number of carbonyl (C=O) groups is 1. The molecule has 1 aromatic carbocycles. The topological polar surface area (TPSA) is 78.4 Å². The number of aromatic nitrogens is 2. The van der Waals surface area contributed by atoms with Gasteiger partial charge in [0.1, 0.15) is 22.7 Å². The first-order valence-corrected chi connectivity index (χ1v) is 7.53. The summed E-state index contributed by atoms with van der Waals surface area (Å²) in [4.78, 5) is 20.4. The van der Waals surface area contributed by atoms with Crippen molar-refractivity contribution in [1.82, 2.24) is 9.97 Å². The van der Waals surface area contributed by atoms with Crippen molar-refractivity contribution in [3.63, 3.8) is 0 Å². The van der Waals surface area contributed by atoms with Crippen LogP contribution in [0.3, 0.4) is 0 Å². The number of benzene rings is 1. The highest BCUT2D eigenvalue weighted by Gasteiger charge is 2.11. The zero-order valence-electron chi connectivity index (χ0n) is 13.0. The average Bonchev–Trinajstić information content (AvgIpc) is 3.30. The second-order valence-electron chi connectivity index (χ2n) is 5.13. The Kier molecular flexibility index (Phi) is 3.84. The van der Waals surface area contributed by atoms with E-state index in [1.54, 1.807) is 36.5 Å². The van der Waals surface area contributed by atoms with Crippen LogP contribution in [-0.2, 0) is 4.79 Å². The van der Waals surface area contributed by atoms with Crippen LogP contribution < -0.4 is 4.74 Å². The molecule has 0 spiro atoms. The summed E-state index contributed by atoms with van der Waals surface area (Å²) < 4.78 is 16.1. The van der Waals surface area contributed by atoms with Crippen LogP contribution in [0.1, 0.15) is 5.76 Å². The summed E-state index contributed by atoms with van der Waals surface area (Å²) in [6.45, 7) is 0. The summed E-state index contributed by atoms with van der Waals surface area (Å²) in [7, 11) is 0. The third kappa shape index (κ3) is 3.32. The summed E-state index contributed by atoms with van der Waals surface area (Å²) in [5.74, 6) is 0.838. The van der Waals surface area contributed by atoms with Crippen molar-refractivity contribution < 1.29 is 18.4 Å². The minimum atomic E-state index is -0.514. The molecule has 3 aromatic heterocycles. The molecule has 0 aliphatic heterocycles. The van der Waals surface area contributed by atoms with Crippen molar-refractivity contribution in [3.8, 4) is 17.3 Å². The zero-order chi connectivity index (χ0) is 17.1. The lowest BCUT2D eigenvalue weighted by Crippen LogP contribution is -2.03. The van der Waals surface area contributed by atoms with E-state index in [0.29, 0.717) is 34.2 Å². The molecular weight excluding hydrogens is 320 g/mol. The van der Waals surface area contributed by atoms with Crippen molar-refractivity contribution in [2.24, 2.45) is 0 Å². The monoisotopic (exact) mass is 332 g/mol. The van der Waals surface area contributed by atoms with Crippen LogP contribution in [0.4, 0.5) is 0 Å². The third-order valence-corrected chi connectivity index (χ3v) is 3.39. The lowest BCUT2D eigenvalue weighted by Gasteiger charge is -1.99. The summed E-state index contributed by atoms with van der Waals surface area (Å²) in [5, 5.41) is 0. The fourth-order valence-corrected chi connectivity index (χ4v) is 2.25. The number of oxazole rings is 1. The number of nitrogens with zero attached hydrogens (tertiary/aromatic N) is 2. The Labute approximate surface area is 142 Å². The predicted octanol–water partition coefficient (Wildman–Crippen LogP) is 4.10. The van der Waals surface area contributed by atoms with Crippen molar-refractivity contribution >= 4 is 23.1 Å². The smallest absolute Gasteiger partial charge is 0.336 e. The van der Waals surface area contributed by atoms with E-state index in [9.17, 15) is 4.79 Å². The molecule has 3 heterocycles. The molecule has 6 nitrogen and oxygen atoms in total. The van der Waals surface area contributed by atoms with Gasteiger partial charge in [0.25, 0.3) is 0 Å². The van der Waals surface area contributed by atoms with Gasteiger partial charge in [0, 0.05) is 18.3 Å². The Hall–Kier alpha value is -3.67. The van der Waals surface area contributed by atoms with Gasteiger partial charge < -0.3 is 13.6 Å². The van der Waals surface area contributed by atoms with E-state index >= 15 is 0 Å². The van der Waals surface area contributed by atoms with Crippen LogP contribution in [0.15, 0.2) is 75.9 Å². The molecule has 0 fully saturated rings. The fraction of sp³-hybridized carbons (Fsp3) is 0. The highest BCUT2D eigenvalue weighted by Crippen LogP contribution is 2.26. The first kappa shape index (κ1) is 14.9. The molecule has 4 rings (SSSR count). The predicted molar refractivity (Wildman–Crippen MR) is 90.6 cm³/mol. The number of carbonyl (C=O) groups excluding carboxylic acids is 1. The normalized spacial score (nSPS) is 11.2. The number of hydrogen-bond donors (Lipinski definition) is 0. The molecule has 0 saturated heterocycles. The molecule has 0 bridgehead atoms. The summed E-state index contributed by atoms with van der Waals surface area (Å²) in [6, 6.07) is 14.0. The molecule has 122 valence electrons. The molecule has 25 heavy (non-hydrogen) atoms. The van der Waals surface area contributed by atoms with Gasteiger partial charge in [-0.3, -0.25) is 4.98 Å². The summed E-state index contributed by atoms with van der Waals surface area (Å²) in [6.07, 6.45) is 6.03. The molecule has 4 aromatic rings. The van der Waals surface area contributed by atoms with Gasteiger partial charge >= 0.3 is 5.97 Å². The zero-order valence-corrected chi connectivity index (χ0v) is 13.0.